The molecule has 0 aliphatic carbocycles. The van der Waals surface area contributed by atoms with Crippen molar-refractivity contribution in [1.82, 2.24) is 10.2 Å². The number of carbonyl (C=O) groups is 2. The number of thiophene rings is 1. The molecule has 0 bridgehead atoms. The third-order valence-electron chi connectivity index (χ3n) is 6.24. The van der Waals surface area contributed by atoms with Crippen molar-refractivity contribution in [1.29, 1.82) is 0 Å². The molecule has 0 saturated carbocycles. The fourth-order valence-electron chi connectivity index (χ4n) is 4.35. The molecule has 196 valence electrons. The number of fused-ring (bicyclic) bond motifs is 1. The topological polar surface area (TPSA) is 112 Å². The summed E-state index contributed by atoms with van der Waals surface area (Å²) >= 11 is 2.44. The highest BCUT2D eigenvalue weighted by Crippen LogP contribution is 2.38. The minimum atomic E-state index is -0.670. The smallest absolute Gasteiger partial charge is 0.341 e. The monoisotopic (exact) mass is 550 g/mol. The van der Waals surface area contributed by atoms with Gasteiger partial charge in [-0.25, -0.2) is 4.79 Å². The molecule has 2 aromatic carbocycles. The van der Waals surface area contributed by atoms with Crippen molar-refractivity contribution >= 4 is 40.0 Å². The average molecular weight is 551 g/mol. The van der Waals surface area contributed by atoms with Gasteiger partial charge in [0.2, 0.25) is 11.6 Å². The van der Waals surface area contributed by atoms with Gasteiger partial charge in [0, 0.05) is 36.6 Å². The Hall–Kier alpha value is -3.67. The van der Waals surface area contributed by atoms with Crippen LogP contribution in [0.25, 0.3) is 5.69 Å². The van der Waals surface area contributed by atoms with E-state index < -0.39 is 17.2 Å². The summed E-state index contributed by atoms with van der Waals surface area (Å²) in [5.41, 5.74) is 3.20. The molecular weight excluding hydrogens is 524 g/mol. The summed E-state index contributed by atoms with van der Waals surface area (Å²) < 4.78 is 11.3. The van der Waals surface area contributed by atoms with E-state index in [-0.39, 0.29) is 10.9 Å². The molecule has 0 saturated heterocycles. The first-order chi connectivity index (χ1) is 18.4. The van der Waals surface area contributed by atoms with Gasteiger partial charge in [0.1, 0.15) is 5.00 Å². The van der Waals surface area contributed by atoms with Crippen LogP contribution in [0.4, 0.5) is 5.00 Å². The summed E-state index contributed by atoms with van der Waals surface area (Å²) in [7, 11) is 1.34. The zero-order chi connectivity index (χ0) is 26.6. The van der Waals surface area contributed by atoms with E-state index in [1.165, 1.54) is 28.7 Å². The van der Waals surface area contributed by atoms with E-state index in [1.54, 1.807) is 19.1 Å². The molecule has 1 amide bonds. The SMILES string of the molecule is COC(=O)c1c(NC(=O)C(C)Sc2c([O-])on[n+]2-c2ccccc2)sc2c1CCN(Cc1ccccc1)C2. The van der Waals surface area contributed by atoms with Crippen molar-refractivity contribution in [3.05, 3.63) is 82.2 Å². The Labute approximate surface area is 228 Å². The summed E-state index contributed by atoms with van der Waals surface area (Å²) in [4.78, 5) is 29.3. The van der Waals surface area contributed by atoms with Crippen molar-refractivity contribution in [2.24, 2.45) is 0 Å². The molecule has 38 heavy (non-hydrogen) atoms. The predicted octanol–water partition coefficient (Wildman–Crippen LogP) is 3.55. The first-order valence-corrected chi connectivity index (χ1v) is 13.7. The lowest BCUT2D eigenvalue weighted by Crippen LogP contribution is -2.36. The van der Waals surface area contributed by atoms with Gasteiger partial charge >= 0.3 is 5.97 Å². The molecule has 9 nitrogen and oxygen atoms in total. The number of methoxy groups -OCH3 is 1. The standard InChI is InChI=1S/C27H26N4O5S2/c1-17(37-25-27(34)36-29-31(25)19-11-7-4-8-12-19)23(32)28-24-22(26(33)35-2)20-13-14-30(16-21(20)38-24)15-18-9-5-3-6-10-18/h3-12,17H,13-16H2,1-2H3,(H-,28,29,32,33,34). The number of rotatable bonds is 8. The molecule has 1 aliphatic rings. The number of amides is 1. The highest BCUT2D eigenvalue weighted by molar-refractivity contribution is 8.00. The Morgan fingerprint density at radius 1 is 1.21 bits per heavy atom. The molecule has 0 fully saturated rings. The van der Waals surface area contributed by atoms with Gasteiger partial charge in [-0.15, -0.1) is 11.3 Å². The van der Waals surface area contributed by atoms with E-state index >= 15 is 0 Å². The van der Waals surface area contributed by atoms with Crippen LogP contribution in [0.1, 0.15) is 33.3 Å². The number of nitrogens with zero attached hydrogens (tertiary/aromatic N) is 3. The molecule has 4 aromatic rings. The highest BCUT2D eigenvalue weighted by Gasteiger charge is 2.31. The van der Waals surface area contributed by atoms with E-state index in [2.05, 4.69) is 27.6 Å². The molecule has 11 heteroatoms. The zero-order valence-electron chi connectivity index (χ0n) is 20.9. The van der Waals surface area contributed by atoms with Crippen molar-refractivity contribution < 1.29 is 28.6 Å². The van der Waals surface area contributed by atoms with Gasteiger partial charge in [-0.05, 0) is 40.9 Å². The summed E-state index contributed by atoms with van der Waals surface area (Å²) in [6, 6.07) is 19.3. The molecule has 1 atom stereocenters. The lowest BCUT2D eigenvalue weighted by Gasteiger charge is -2.27. The van der Waals surface area contributed by atoms with E-state index in [0.717, 1.165) is 35.3 Å². The molecule has 1 N–H and O–H groups in total. The molecule has 0 spiro atoms. The fourth-order valence-corrected chi connectivity index (χ4v) is 6.50. The second kappa shape index (κ2) is 11.4. The second-order valence-electron chi connectivity index (χ2n) is 8.81. The van der Waals surface area contributed by atoms with Crippen molar-refractivity contribution in [3.8, 4) is 11.6 Å². The molecule has 1 unspecified atom stereocenters. The van der Waals surface area contributed by atoms with Gasteiger partial charge in [-0.3, -0.25) is 9.69 Å². The maximum atomic E-state index is 13.2. The molecule has 5 rings (SSSR count). The van der Waals surface area contributed by atoms with Crippen LogP contribution in [-0.2, 0) is 29.0 Å². The Morgan fingerprint density at radius 2 is 1.92 bits per heavy atom. The van der Waals surface area contributed by atoms with E-state index in [1.807, 2.05) is 36.4 Å². The number of nitrogens with one attached hydrogen (secondary N) is 1. The number of aromatic nitrogens is 2. The van der Waals surface area contributed by atoms with Gasteiger partial charge in [0.15, 0.2) is 5.95 Å². The van der Waals surface area contributed by atoms with Crippen LogP contribution in [0.15, 0.2) is 70.2 Å². The number of thioether (sulfide) groups is 1. The third kappa shape index (κ3) is 5.45. The van der Waals surface area contributed by atoms with Crippen LogP contribution < -0.4 is 15.1 Å². The Morgan fingerprint density at radius 3 is 2.63 bits per heavy atom. The predicted molar refractivity (Wildman–Crippen MR) is 141 cm³/mol. The summed E-state index contributed by atoms with van der Waals surface area (Å²) in [6.45, 7) is 3.96. The number of benzene rings is 2. The van der Waals surface area contributed by atoms with Crippen molar-refractivity contribution in [3.63, 3.8) is 0 Å². The largest absolute Gasteiger partial charge is 0.538 e. The van der Waals surface area contributed by atoms with Gasteiger partial charge < -0.3 is 19.7 Å². The number of esters is 1. The van der Waals surface area contributed by atoms with Gasteiger partial charge in [-0.1, -0.05) is 48.5 Å². The quantitative estimate of drug-likeness (QED) is 0.201. The second-order valence-corrected chi connectivity index (χ2v) is 11.2. The number of anilines is 1. The Bertz CT molecular complexity index is 1440. The molecule has 1 aliphatic heterocycles. The van der Waals surface area contributed by atoms with Crippen LogP contribution in [-0.4, -0.2) is 41.0 Å². The fraction of sp³-hybridized carbons (Fsp3) is 0.259. The summed E-state index contributed by atoms with van der Waals surface area (Å²) in [5.74, 6) is -1.45. The number of carbonyl (C=O) groups excluding carboxylic acids is 2. The maximum absolute atomic E-state index is 13.2. The van der Waals surface area contributed by atoms with E-state index in [0.29, 0.717) is 29.2 Å². The molecule has 2 aromatic heterocycles. The number of ether oxygens (including phenoxy) is 1. The van der Waals surface area contributed by atoms with Gasteiger partial charge in [-0.2, -0.15) is 0 Å². The van der Waals surface area contributed by atoms with Crippen molar-refractivity contribution in [2.75, 3.05) is 19.0 Å². The summed E-state index contributed by atoms with van der Waals surface area (Å²) in [6.07, 6.45) is 0.681. The van der Waals surface area contributed by atoms with Gasteiger partial charge in [0.25, 0.3) is 5.03 Å². The Kier molecular flexibility index (Phi) is 7.77. The highest BCUT2D eigenvalue weighted by atomic mass is 32.2. The average Bonchev–Trinajstić information content (AvgIpc) is 3.48. The minimum absolute atomic E-state index is 0.189. The van der Waals surface area contributed by atoms with Crippen LogP contribution in [0.3, 0.4) is 0 Å². The first-order valence-electron chi connectivity index (χ1n) is 12.1. The van der Waals surface area contributed by atoms with Crippen molar-refractivity contribution in [2.45, 2.75) is 36.7 Å². The van der Waals surface area contributed by atoms with E-state index in [4.69, 9.17) is 9.26 Å². The first kappa shape index (κ1) is 26.0. The van der Waals surface area contributed by atoms with Crippen LogP contribution >= 0.6 is 23.1 Å². The number of hydrogen-bond acceptors (Lipinski definition) is 9. The lowest BCUT2D eigenvalue weighted by atomic mass is 10.0. The number of para-hydroxylation sites is 1. The molecule has 3 heterocycles. The van der Waals surface area contributed by atoms with Gasteiger partial charge in [0.05, 0.1) is 23.2 Å². The summed E-state index contributed by atoms with van der Waals surface area (Å²) in [5, 5.41) is 19.1. The third-order valence-corrected chi connectivity index (χ3v) is 8.50. The maximum Gasteiger partial charge on any atom is 0.341 e. The van der Waals surface area contributed by atoms with Crippen LogP contribution in [0, 0.1) is 0 Å². The number of hydrogen-bond donors (Lipinski definition) is 1. The minimum Gasteiger partial charge on any atom is -0.538 e. The lowest BCUT2D eigenvalue weighted by molar-refractivity contribution is -0.705. The molecular formula is C27H26N4O5S2. The molecule has 0 radical (unpaired) electrons. The Balaban J connectivity index is 1.34. The zero-order valence-corrected chi connectivity index (χ0v) is 22.5. The van der Waals surface area contributed by atoms with E-state index in [9.17, 15) is 14.7 Å². The normalized spacial score (nSPS) is 14.1. The van der Waals surface area contributed by atoms with Crippen LogP contribution in [0.5, 0.6) is 5.95 Å². The van der Waals surface area contributed by atoms with Crippen LogP contribution in [0.2, 0.25) is 0 Å².